The first-order valence-electron chi connectivity index (χ1n) is 13.9. The van der Waals surface area contributed by atoms with Crippen molar-refractivity contribution in [3.8, 4) is 11.3 Å². The summed E-state index contributed by atoms with van der Waals surface area (Å²) in [6, 6.07) is 8.29. The number of nitrogens with two attached hydrogens (primary N) is 1. The molecule has 0 atom stereocenters. The van der Waals surface area contributed by atoms with E-state index in [0.29, 0.717) is 39.0 Å². The molecule has 3 aliphatic rings. The number of rotatable bonds is 4. The topological polar surface area (TPSA) is 117 Å². The van der Waals surface area contributed by atoms with Gasteiger partial charge < -0.3 is 34.8 Å². The van der Waals surface area contributed by atoms with Crippen LogP contribution < -0.4 is 10.6 Å². The molecule has 11 heteroatoms. The van der Waals surface area contributed by atoms with Crippen LogP contribution in [-0.4, -0.2) is 102 Å². The molecule has 0 aliphatic carbocycles. The zero-order valence-corrected chi connectivity index (χ0v) is 23.1. The molecule has 1 aromatic carbocycles. The number of carbonyl (C=O) groups excluding carboxylic acids is 2. The van der Waals surface area contributed by atoms with Gasteiger partial charge in [-0.1, -0.05) is 12.1 Å². The third-order valence-corrected chi connectivity index (χ3v) is 7.63. The maximum absolute atomic E-state index is 13.0. The van der Waals surface area contributed by atoms with Crippen molar-refractivity contribution < 1.29 is 19.1 Å². The third kappa shape index (κ3) is 6.52. The van der Waals surface area contributed by atoms with Crippen molar-refractivity contribution in [3.05, 3.63) is 35.4 Å². The van der Waals surface area contributed by atoms with E-state index in [1.165, 1.54) is 5.56 Å². The molecule has 11 nitrogen and oxygen atoms in total. The lowest BCUT2D eigenvalue weighted by Crippen LogP contribution is -2.44. The zero-order valence-electron chi connectivity index (χ0n) is 23.1. The molecule has 2 fully saturated rings. The first-order chi connectivity index (χ1) is 18.7. The molecule has 1 aromatic heterocycles. The highest BCUT2D eigenvalue weighted by atomic mass is 16.6. The van der Waals surface area contributed by atoms with Crippen LogP contribution in [0.5, 0.6) is 0 Å². The highest BCUT2D eigenvalue weighted by molar-refractivity contribution is 5.70. The maximum atomic E-state index is 13.0. The van der Waals surface area contributed by atoms with Gasteiger partial charge in [0.15, 0.2) is 0 Å². The van der Waals surface area contributed by atoms with Gasteiger partial charge in [-0.15, -0.1) is 0 Å². The van der Waals surface area contributed by atoms with Crippen LogP contribution in [-0.2, 0) is 22.4 Å². The molecule has 2 saturated heterocycles. The number of aromatic nitrogens is 2. The molecule has 0 radical (unpaired) electrons. The van der Waals surface area contributed by atoms with Crippen LogP contribution in [0.4, 0.5) is 21.4 Å². The van der Waals surface area contributed by atoms with E-state index in [0.717, 1.165) is 55.2 Å². The Morgan fingerprint density at radius 2 is 1.67 bits per heavy atom. The molecule has 0 saturated carbocycles. The number of nitrogens with zero attached hydrogens (tertiary/aromatic N) is 6. The average molecular weight is 538 g/mol. The standard InChI is InChI=1S/C28H39N7O4/c1-19(2)38-27(36)34-10-7-23(8-11-34)39-28(37)35-9-6-20-4-5-21(16-22(20)18-35)24-17-25(31-26(29)30-24)33-14-12-32(3)13-15-33/h4-5,16-17,19,23H,6-15,18H2,1-3H3,(H2,29,30,31). The van der Waals surface area contributed by atoms with Crippen LogP contribution in [0.3, 0.4) is 0 Å². The van der Waals surface area contributed by atoms with Gasteiger partial charge in [-0.2, -0.15) is 4.98 Å². The first-order valence-corrected chi connectivity index (χ1v) is 13.9. The van der Waals surface area contributed by atoms with Crippen molar-refractivity contribution in [3.63, 3.8) is 0 Å². The van der Waals surface area contributed by atoms with Gasteiger partial charge in [-0.3, -0.25) is 0 Å². The van der Waals surface area contributed by atoms with E-state index in [1.54, 1.807) is 9.80 Å². The Bertz CT molecular complexity index is 1190. The zero-order chi connectivity index (χ0) is 27.5. The number of ether oxygens (including phenoxy) is 2. The second-order valence-electron chi connectivity index (χ2n) is 10.9. The molecule has 2 amide bonds. The smallest absolute Gasteiger partial charge is 0.410 e. The third-order valence-electron chi connectivity index (χ3n) is 7.63. The van der Waals surface area contributed by atoms with E-state index in [9.17, 15) is 9.59 Å². The Morgan fingerprint density at radius 1 is 0.923 bits per heavy atom. The van der Waals surface area contributed by atoms with Gasteiger partial charge in [-0.05, 0) is 44.5 Å². The maximum Gasteiger partial charge on any atom is 0.410 e. The van der Waals surface area contributed by atoms with Crippen LogP contribution in [0.25, 0.3) is 11.3 Å². The summed E-state index contributed by atoms with van der Waals surface area (Å²) in [7, 11) is 2.12. The first kappa shape index (κ1) is 27.0. The van der Waals surface area contributed by atoms with Crippen LogP contribution in [0, 0.1) is 0 Å². The summed E-state index contributed by atoms with van der Waals surface area (Å²) < 4.78 is 11.1. The van der Waals surface area contributed by atoms with Crippen LogP contribution >= 0.6 is 0 Å². The van der Waals surface area contributed by atoms with Crippen LogP contribution in [0.2, 0.25) is 0 Å². The number of piperazine rings is 1. The number of hydrogen-bond acceptors (Lipinski definition) is 9. The molecule has 2 N–H and O–H groups in total. The second-order valence-corrected chi connectivity index (χ2v) is 10.9. The highest BCUT2D eigenvalue weighted by Crippen LogP contribution is 2.29. The molecule has 0 bridgehead atoms. The van der Waals surface area contributed by atoms with Gasteiger partial charge in [0.05, 0.1) is 11.8 Å². The van der Waals surface area contributed by atoms with Gasteiger partial charge in [0.1, 0.15) is 11.9 Å². The summed E-state index contributed by atoms with van der Waals surface area (Å²) in [5, 5.41) is 0. The molecule has 5 rings (SSSR count). The van der Waals surface area contributed by atoms with Gasteiger partial charge in [-0.25, -0.2) is 14.6 Å². The Labute approximate surface area is 229 Å². The monoisotopic (exact) mass is 537 g/mol. The number of likely N-dealkylation sites (N-methyl/N-ethyl adjacent to an activating group) is 1. The van der Waals surface area contributed by atoms with E-state index >= 15 is 0 Å². The van der Waals surface area contributed by atoms with E-state index in [2.05, 4.69) is 45.0 Å². The molecule has 39 heavy (non-hydrogen) atoms. The number of anilines is 2. The summed E-state index contributed by atoms with van der Waals surface area (Å²) in [6.45, 7) is 9.56. The summed E-state index contributed by atoms with van der Waals surface area (Å²) in [5.41, 5.74) is 10.1. The SMILES string of the molecule is CC(C)OC(=O)N1CCC(OC(=O)N2CCc3ccc(-c4cc(N5CCN(C)CC5)nc(N)n4)cc3C2)CC1. The second kappa shape index (κ2) is 11.6. The van der Waals surface area contributed by atoms with E-state index in [1.807, 2.05) is 19.9 Å². The van der Waals surface area contributed by atoms with Crippen molar-refractivity contribution in [2.45, 2.75) is 51.9 Å². The number of amides is 2. The van der Waals surface area contributed by atoms with Crippen molar-refractivity contribution >= 4 is 24.0 Å². The molecule has 0 spiro atoms. The molecule has 0 unspecified atom stereocenters. The lowest BCUT2D eigenvalue weighted by Gasteiger charge is -2.34. The van der Waals surface area contributed by atoms with Crippen molar-refractivity contribution in [2.24, 2.45) is 0 Å². The molecule has 210 valence electrons. The largest absolute Gasteiger partial charge is 0.447 e. The number of likely N-dealkylation sites (tertiary alicyclic amines) is 1. The minimum Gasteiger partial charge on any atom is -0.447 e. The predicted molar refractivity (Wildman–Crippen MR) is 148 cm³/mol. The van der Waals surface area contributed by atoms with E-state index in [-0.39, 0.29) is 30.3 Å². The number of piperidine rings is 1. The van der Waals surface area contributed by atoms with Crippen LogP contribution in [0.1, 0.15) is 37.8 Å². The summed E-state index contributed by atoms with van der Waals surface area (Å²) in [4.78, 5) is 42.2. The van der Waals surface area contributed by atoms with Gasteiger partial charge in [0, 0.05) is 76.8 Å². The Balaban J connectivity index is 1.21. The lowest BCUT2D eigenvalue weighted by molar-refractivity contribution is 0.0187. The molecule has 4 heterocycles. The Kier molecular flexibility index (Phi) is 8.06. The number of nitrogen functional groups attached to an aromatic ring is 1. The normalized spacial score (nSPS) is 18.7. The Hall–Kier alpha value is -3.60. The van der Waals surface area contributed by atoms with Gasteiger partial charge in [0.25, 0.3) is 0 Å². The van der Waals surface area contributed by atoms with E-state index in [4.69, 9.17) is 15.2 Å². The van der Waals surface area contributed by atoms with Gasteiger partial charge >= 0.3 is 12.2 Å². The van der Waals surface area contributed by atoms with E-state index < -0.39 is 0 Å². The minimum absolute atomic E-state index is 0.152. The molecular formula is C28H39N7O4. The summed E-state index contributed by atoms with van der Waals surface area (Å²) in [6.07, 6.45) is 1.02. The summed E-state index contributed by atoms with van der Waals surface area (Å²) in [5.74, 6) is 1.10. The quantitative estimate of drug-likeness (QED) is 0.628. The fourth-order valence-corrected chi connectivity index (χ4v) is 5.32. The Morgan fingerprint density at radius 3 is 2.38 bits per heavy atom. The van der Waals surface area contributed by atoms with Gasteiger partial charge in [0.2, 0.25) is 5.95 Å². The molecular weight excluding hydrogens is 498 g/mol. The fraction of sp³-hybridized carbons (Fsp3) is 0.571. The minimum atomic E-state index is -0.308. The number of benzene rings is 1. The van der Waals surface area contributed by atoms with Crippen molar-refractivity contribution in [1.82, 2.24) is 24.7 Å². The average Bonchev–Trinajstić information content (AvgIpc) is 2.92. The lowest BCUT2D eigenvalue weighted by atomic mass is 9.96. The fourth-order valence-electron chi connectivity index (χ4n) is 5.32. The summed E-state index contributed by atoms with van der Waals surface area (Å²) >= 11 is 0. The number of hydrogen-bond donors (Lipinski definition) is 1. The highest BCUT2D eigenvalue weighted by Gasteiger charge is 2.29. The van der Waals surface area contributed by atoms with Crippen molar-refractivity contribution in [2.75, 3.05) is 63.5 Å². The molecule has 2 aromatic rings. The van der Waals surface area contributed by atoms with Crippen molar-refractivity contribution in [1.29, 1.82) is 0 Å². The number of carbonyl (C=O) groups is 2. The molecule has 3 aliphatic heterocycles. The predicted octanol–water partition coefficient (Wildman–Crippen LogP) is 2.98. The number of fused-ring (bicyclic) bond motifs is 1. The van der Waals surface area contributed by atoms with Crippen LogP contribution in [0.15, 0.2) is 24.3 Å².